The summed E-state index contributed by atoms with van der Waals surface area (Å²) in [5, 5.41) is 3.94. The first-order valence-electron chi connectivity index (χ1n) is 8.37. The fourth-order valence-electron chi connectivity index (χ4n) is 2.86. The number of aromatic nitrogens is 2. The van der Waals surface area contributed by atoms with E-state index in [1.54, 1.807) is 48.9 Å². The second kappa shape index (κ2) is 7.67. The molecule has 0 aliphatic heterocycles. The van der Waals surface area contributed by atoms with E-state index in [9.17, 15) is 18.0 Å². The van der Waals surface area contributed by atoms with E-state index in [1.165, 1.54) is 18.5 Å². The predicted molar refractivity (Wildman–Crippen MR) is 99.5 cm³/mol. The van der Waals surface area contributed by atoms with Gasteiger partial charge in [0.2, 0.25) is 0 Å². The molecule has 0 spiro atoms. The van der Waals surface area contributed by atoms with Crippen LogP contribution in [0.25, 0.3) is 5.69 Å². The van der Waals surface area contributed by atoms with Gasteiger partial charge < -0.3 is 4.57 Å². The topological polar surface area (TPSA) is 59.3 Å². The summed E-state index contributed by atoms with van der Waals surface area (Å²) < 4.78 is 40.7. The van der Waals surface area contributed by atoms with Gasteiger partial charge in [0.15, 0.2) is 0 Å². The summed E-state index contributed by atoms with van der Waals surface area (Å²) >= 11 is 0. The van der Waals surface area contributed by atoms with Crippen molar-refractivity contribution in [2.75, 3.05) is 0 Å². The number of halogens is 3. The Bertz CT molecular complexity index is 1020. The molecule has 1 aromatic carbocycles. The molecule has 8 heteroatoms. The molecule has 0 unspecified atom stereocenters. The van der Waals surface area contributed by atoms with Crippen LogP contribution in [0.3, 0.4) is 0 Å². The number of amides is 1. The Morgan fingerprint density at radius 2 is 1.96 bits per heavy atom. The molecular formula is C20H17F3N4O. The van der Waals surface area contributed by atoms with Crippen molar-refractivity contribution in [2.45, 2.75) is 20.0 Å². The Balaban J connectivity index is 1.84. The SMILES string of the molecule is Cc1cc(/C=N/NC(=O)c2cccnc2)c(C)n1-c1cccc(C(F)(F)F)c1. The summed E-state index contributed by atoms with van der Waals surface area (Å²) in [5.74, 6) is -0.406. The molecule has 0 bridgehead atoms. The molecule has 1 amide bonds. The van der Waals surface area contributed by atoms with Crippen LogP contribution in [-0.4, -0.2) is 21.7 Å². The predicted octanol–water partition coefficient (Wildman–Crippen LogP) is 4.27. The van der Waals surface area contributed by atoms with Crippen LogP contribution >= 0.6 is 0 Å². The smallest absolute Gasteiger partial charge is 0.318 e. The number of hydrogen-bond donors (Lipinski definition) is 1. The van der Waals surface area contributed by atoms with Gasteiger partial charge in [-0.2, -0.15) is 18.3 Å². The molecule has 0 radical (unpaired) electrons. The molecule has 5 nitrogen and oxygen atoms in total. The fraction of sp³-hybridized carbons (Fsp3) is 0.150. The summed E-state index contributed by atoms with van der Waals surface area (Å²) in [6.45, 7) is 3.57. The van der Waals surface area contributed by atoms with Gasteiger partial charge in [-0.05, 0) is 50.2 Å². The fourth-order valence-corrected chi connectivity index (χ4v) is 2.86. The van der Waals surface area contributed by atoms with Crippen LogP contribution in [0.1, 0.15) is 32.9 Å². The van der Waals surface area contributed by atoms with Crippen molar-refractivity contribution in [3.05, 3.63) is 82.9 Å². The molecule has 3 rings (SSSR count). The molecule has 0 aliphatic carbocycles. The second-order valence-electron chi connectivity index (χ2n) is 6.15. The van der Waals surface area contributed by atoms with Gasteiger partial charge in [-0.15, -0.1) is 0 Å². The van der Waals surface area contributed by atoms with Crippen LogP contribution in [-0.2, 0) is 6.18 Å². The zero-order chi connectivity index (χ0) is 20.3. The number of alkyl halides is 3. The minimum atomic E-state index is -4.41. The van der Waals surface area contributed by atoms with Crippen molar-refractivity contribution in [3.63, 3.8) is 0 Å². The number of aryl methyl sites for hydroxylation is 1. The molecule has 0 saturated carbocycles. The lowest BCUT2D eigenvalue weighted by Crippen LogP contribution is -2.17. The highest BCUT2D eigenvalue weighted by molar-refractivity contribution is 5.94. The minimum absolute atomic E-state index is 0.370. The van der Waals surface area contributed by atoms with E-state index >= 15 is 0 Å². The zero-order valence-corrected chi connectivity index (χ0v) is 15.2. The first-order valence-corrected chi connectivity index (χ1v) is 8.37. The van der Waals surface area contributed by atoms with Crippen LogP contribution in [0, 0.1) is 13.8 Å². The Kier molecular flexibility index (Phi) is 5.30. The number of benzene rings is 1. The summed E-state index contributed by atoms with van der Waals surface area (Å²) in [6, 6.07) is 10.2. The standard InChI is InChI=1S/C20H17F3N4O/c1-13-9-16(12-25-26-19(28)15-5-4-8-24-11-15)14(2)27(13)18-7-3-6-17(10-18)20(21,22)23/h3-12H,1-2H3,(H,26,28)/b25-12+. The molecular weight excluding hydrogens is 369 g/mol. The van der Waals surface area contributed by atoms with Crippen LogP contribution in [0.2, 0.25) is 0 Å². The van der Waals surface area contributed by atoms with E-state index < -0.39 is 17.6 Å². The monoisotopic (exact) mass is 386 g/mol. The number of hydrogen-bond acceptors (Lipinski definition) is 3. The van der Waals surface area contributed by atoms with Gasteiger partial charge >= 0.3 is 6.18 Å². The van der Waals surface area contributed by atoms with E-state index in [1.807, 2.05) is 0 Å². The third kappa shape index (κ3) is 4.11. The first-order chi connectivity index (χ1) is 13.3. The van der Waals surface area contributed by atoms with Crippen LogP contribution in [0.5, 0.6) is 0 Å². The van der Waals surface area contributed by atoms with Crippen molar-refractivity contribution in [1.82, 2.24) is 15.0 Å². The quantitative estimate of drug-likeness (QED) is 0.538. The number of hydrazone groups is 1. The lowest BCUT2D eigenvalue weighted by Gasteiger charge is -2.13. The Labute approximate surface area is 159 Å². The van der Waals surface area contributed by atoms with Gasteiger partial charge in [-0.25, -0.2) is 5.43 Å². The molecule has 0 saturated heterocycles. The molecule has 3 aromatic rings. The van der Waals surface area contributed by atoms with Crippen LogP contribution < -0.4 is 5.43 Å². The molecule has 144 valence electrons. The molecule has 2 heterocycles. The summed E-state index contributed by atoms with van der Waals surface area (Å²) in [7, 11) is 0. The highest BCUT2D eigenvalue weighted by atomic mass is 19.4. The molecule has 0 atom stereocenters. The summed E-state index contributed by atoms with van der Waals surface area (Å²) in [6.07, 6.45) is 0.0274. The van der Waals surface area contributed by atoms with Gasteiger partial charge in [0.25, 0.3) is 5.91 Å². The average molecular weight is 386 g/mol. The van der Waals surface area contributed by atoms with E-state index in [0.29, 0.717) is 22.5 Å². The third-order valence-corrected chi connectivity index (χ3v) is 4.20. The molecule has 0 fully saturated rings. The summed E-state index contributed by atoms with van der Waals surface area (Å²) in [5.41, 5.74) is 4.60. The van der Waals surface area contributed by atoms with Crippen molar-refractivity contribution >= 4 is 12.1 Å². The first kappa shape index (κ1) is 19.3. The van der Waals surface area contributed by atoms with E-state index in [-0.39, 0.29) is 0 Å². The molecule has 2 aromatic heterocycles. The minimum Gasteiger partial charge on any atom is -0.318 e. The largest absolute Gasteiger partial charge is 0.416 e. The van der Waals surface area contributed by atoms with Gasteiger partial charge in [-0.3, -0.25) is 9.78 Å². The Hall–Kier alpha value is -3.42. The van der Waals surface area contributed by atoms with E-state index in [2.05, 4.69) is 15.5 Å². The summed E-state index contributed by atoms with van der Waals surface area (Å²) in [4.78, 5) is 15.8. The molecule has 1 N–H and O–H groups in total. The zero-order valence-electron chi connectivity index (χ0n) is 15.2. The van der Waals surface area contributed by atoms with E-state index in [0.717, 1.165) is 17.8 Å². The Morgan fingerprint density at radius 3 is 2.64 bits per heavy atom. The maximum Gasteiger partial charge on any atom is 0.416 e. The number of carbonyl (C=O) groups excluding carboxylic acids is 1. The van der Waals surface area contributed by atoms with Crippen molar-refractivity contribution in [3.8, 4) is 5.69 Å². The van der Waals surface area contributed by atoms with Gasteiger partial charge in [-0.1, -0.05) is 6.07 Å². The number of nitrogens with one attached hydrogen (secondary N) is 1. The highest BCUT2D eigenvalue weighted by Crippen LogP contribution is 2.31. The maximum atomic E-state index is 13.0. The number of nitrogens with zero attached hydrogens (tertiary/aromatic N) is 3. The Morgan fingerprint density at radius 1 is 1.18 bits per heavy atom. The van der Waals surface area contributed by atoms with Gasteiger partial charge in [0, 0.05) is 35.0 Å². The van der Waals surface area contributed by atoms with Gasteiger partial charge in [0.1, 0.15) is 0 Å². The number of rotatable bonds is 4. The van der Waals surface area contributed by atoms with Crippen molar-refractivity contribution in [1.29, 1.82) is 0 Å². The van der Waals surface area contributed by atoms with Crippen LogP contribution in [0.4, 0.5) is 13.2 Å². The normalized spacial score (nSPS) is 11.8. The second-order valence-corrected chi connectivity index (χ2v) is 6.15. The van der Waals surface area contributed by atoms with E-state index in [4.69, 9.17) is 0 Å². The average Bonchev–Trinajstić information content (AvgIpc) is 2.95. The maximum absolute atomic E-state index is 13.0. The lowest BCUT2D eigenvalue weighted by molar-refractivity contribution is -0.137. The number of pyridine rings is 1. The number of carbonyl (C=O) groups is 1. The lowest BCUT2D eigenvalue weighted by atomic mass is 10.2. The highest BCUT2D eigenvalue weighted by Gasteiger charge is 2.30. The van der Waals surface area contributed by atoms with Crippen molar-refractivity contribution in [2.24, 2.45) is 5.10 Å². The molecule has 0 aliphatic rings. The van der Waals surface area contributed by atoms with Crippen molar-refractivity contribution < 1.29 is 18.0 Å². The molecule has 28 heavy (non-hydrogen) atoms. The third-order valence-electron chi connectivity index (χ3n) is 4.20. The van der Waals surface area contributed by atoms with Crippen LogP contribution in [0.15, 0.2) is 60.0 Å². The van der Waals surface area contributed by atoms with Gasteiger partial charge in [0.05, 0.1) is 17.3 Å².